The van der Waals surface area contributed by atoms with Crippen molar-refractivity contribution in [2.24, 2.45) is 15.9 Å². The summed E-state index contributed by atoms with van der Waals surface area (Å²) < 4.78 is 11.4. The summed E-state index contributed by atoms with van der Waals surface area (Å²) in [4.78, 5) is 9.25. The Balaban J connectivity index is 1.45. The summed E-state index contributed by atoms with van der Waals surface area (Å²) in [6.45, 7) is 7.22. The van der Waals surface area contributed by atoms with Crippen molar-refractivity contribution >= 4 is 17.7 Å². The maximum Gasteiger partial charge on any atom is 0.161 e. The first-order valence-corrected chi connectivity index (χ1v) is 10.1. The third-order valence-corrected chi connectivity index (χ3v) is 5.71. The highest BCUT2D eigenvalue weighted by Gasteiger charge is 2.30. The minimum Gasteiger partial charge on any atom is -0.486 e. The maximum absolute atomic E-state index is 5.76. The summed E-state index contributed by atoms with van der Waals surface area (Å²) in [5, 5.41) is 3.53. The zero-order chi connectivity index (χ0) is 20.5. The lowest BCUT2D eigenvalue weighted by atomic mass is 9.87. The molecule has 3 aliphatic rings. The number of hydrogen-bond donors (Lipinski definition) is 1. The van der Waals surface area contributed by atoms with E-state index in [0.29, 0.717) is 13.2 Å². The van der Waals surface area contributed by atoms with Crippen LogP contribution in [0, 0.1) is 12.8 Å². The number of rotatable bonds is 3. The van der Waals surface area contributed by atoms with Crippen molar-refractivity contribution in [2.75, 3.05) is 18.5 Å². The molecule has 2 aromatic carbocycles. The number of fused-ring (bicyclic) bond motifs is 2. The summed E-state index contributed by atoms with van der Waals surface area (Å²) in [6.07, 6.45) is 9.67. The van der Waals surface area contributed by atoms with Crippen LogP contribution in [-0.4, -0.2) is 31.3 Å². The first-order chi connectivity index (χ1) is 14.7. The van der Waals surface area contributed by atoms with Gasteiger partial charge >= 0.3 is 0 Å². The average Bonchev–Trinajstić information content (AvgIpc) is 2.80. The van der Waals surface area contributed by atoms with Gasteiger partial charge in [0.2, 0.25) is 0 Å². The van der Waals surface area contributed by atoms with Crippen molar-refractivity contribution in [1.29, 1.82) is 0 Å². The Morgan fingerprint density at radius 3 is 2.87 bits per heavy atom. The molecule has 150 valence electrons. The molecule has 2 aromatic rings. The second-order valence-corrected chi connectivity index (χ2v) is 7.46. The Bertz CT molecular complexity index is 1130. The Labute approximate surface area is 176 Å². The molecule has 0 radical (unpaired) electrons. The molecule has 2 atom stereocenters. The number of nitrogens with zero attached hydrogens (tertiary/aromatic N) is 2. The quantitative estimate of drug-likeness (QED) is 0.797. The van der Waals surface area contributed by atoms with Gasteiger partial charge in [0.05, 0.1) is 0 Å². The van der Waals surface area contributed by atoms with E-state index < -0.39 is 0 Å². The van der Waals surface area contributed by atoms with Crippen LogP contribution in [0.25, 0.3) is 11.1 Å². The number of dihydropyridines is 1. The van der Waals surface area contributed by atoms with Crippen molar-refractivity contribution in [2.45, 2.75) is 13.0 Å². The predicted molar refractivity (Wildman–Crippen MR) is 122 cm³/mol. The highest BCUT2D eigenvalue weighted by atomic mass is 16.6. The van der Waals surface area contributed by atoms with Gasteiger partial charge in [-0.3, -0.25) is 4.99 Å². The van der Waals surface area contributed by atoms with Crippen molar-refractivity contribution in [1.82, 2.24) is 0 Å². The highest BCUT2D eigenvalue weighted by Crippen LogP contribution is 2.37. The predicted octanol–water partition coefficient (Wildman–Crippen LogP) is 4.95. The van der Waals surface area contributed by atoms with Crippen LogP contribution in [0.1, 0.15) is 5.56 Å². The number of benzene rings is 2. The van der Waals surface area contributed by atoms with Crippen LogP contribution in [0.4, 0.5) is 5.69 Å². The fraction of sp³-hybridized carbons (Fsp3) is 0.200. The molecule has 0 fully saturated rings. The van der Waals surface area contributed by atoms with E-state index in [1.165, 1.54) is 0 Å². The van der Waals surface area contributed by atoms with Gasteiger partial charge in [-0.2, -0.15) is 0 Å². The Hall–Kier alpha value is -3.60. The summed E-state index contributed by atoms with van der Waals surface area (Å²) in [7, 11) is 0. The van der Waals surface area contributed by atoms with Gasteiger partial charge in [0.15, 0.2) is 11.5 Å². The molecule has 3 heterocycles. The van der Waals surface area contributed by atoms with Gasteiger partial charge in [0.1, 0.15) is 25.1 Å². The number of anilines is 1. The molecule has 3 aliphatic heterocycles. The van der Waals surface area contributed by atoms with E-state index in [1.54, 1.807) is 0 Å². The summed E-state index contributed by atoms with van der Waals surface area (Å²) in [6, 6.07) is 12.3. The number of aliphatic imine (C=N–C) groups is 2. The van der Waals surface area contributed by atoms with Crippen LogP contribution in [0.3, 0.4) is 0 Å². The second kappa shape index (κ2) is 7.67. The molecule has 5 nitrogen and oxygen atoms in total. The van der Waals surface area contributed by atoms with Gasteiger partial charge in [-0.25, -0.2) is 4.99 Å². The monoisotopic (exact) mass is 397 g/mol. The van der Waals surface area contributed by atoms with Crippen LogP contribution in [0.15, 0.2) is 83.0 Å². The zero-order valence-corrected chi connectivity index (χ0v) is 16.8. The van der Waals surface area contributed by atoms with Crippen LogP contribution in [-0.2, 0) is 0 Å². The number of ether oxygens (including phenoxy) is 2. The smallest absolute Gasteiger partial charge is 0.161 e. The number of amidine groups is 1. The fourth-order valence-electron chi connectivity index (χ4n) is 4.10. The summed E-state index contributed by atoms with van der Waals surface area (Å²) >= 11 is 0. The van der Waals surface area contributed by atoms with Crippen LogP contribution in [0.2, 0.25) is 0 Å². The molecular formula is C25H23N3O2. The number of nitrogens with one attached hydrogen (secondary N) is 1. The van der Waals surface area contributed by atoms with Gasteiger partial charge in [0, 0.05) is 24.0 Å². The van der Waals surface area contributed by atoms with Crippen molar-refractivity contribution < 1.29 is 9.47 Å². The molecule has 0 aliphatic carbocycles. The van der Waals surface area contributed by atoms with Gasteiger partial charge < -0.3 is 14.8 Å². The highest BCUT2D eigenvalue weighted by molar-refractivity contribution is 6.03. The second-order valence-electron chi connectivity index (χ2n) is 7.46. The van der Waals surface area contributed by atoms with E-state index in [9.17, 15) is 0 Å². The largest absolute Gasteiger partial charge is 0.486 e. The lowest BCUT2D eigenvalue weighted by Crippen LogP contribution is -2.36. The van der Waals surface area contributed by atoms with E-state index in [4.69, 9.17) is 9.47 Å². The molecule has 0 bridgehead atoms. The maximum atomic E-state index is 5.76. The van der Waals surface area contributed by atoms with Gasteiger partial charge in [0.25, 0.3) is 0 Å². The molecule has 5 heteroatoms. The fourth-order valence-corrected chi connectivity index (χ4v) is 4.10. The normalized spacial score (nSPS) is 21.4. The molecule has 2 unspecified atom stereocenters. The van der Waals surface area contributed by atoms with Crippen molar-refractivity contribution in [3.8, 4) is 22.6 Å². The minimum absolute atomic E-state index is 0.0645. The van der Waals surface area contributed by atoms with Crippen molar-refractivity contribution in [3.63, 3.8) is 0 Å². The Kier molecular flexibility index (Phi) is 4.71. The van der Waals surface area contributed by atoms with Crippen LogP contribution in [0.5, 0.6) is 11.5 Å². The first-order valence-electron chi connectivity index (χ1n) is 10.1. The van der Waals surface area contributed by atoms with E-state index in [2.05, 4.69) is 59.1 Å². The third kappa shape index (κ3) is 3.22. The molecule has 1 N–H and O–H groups in total. The van der Waals surface area contributed by atoms with E-state index in [0.717, 1.165) is 45.3 Å². The van der Waals surface area contributed by atoms with Crippen LogP contribution >= 0.6 is 0 Å². The topological polar surface area (TPSA) is 55.2 Å². The van der Waals surface area contributed by atoms with E-state index >= 15 is 0 Å². The Morgan fingerprint density at radius 2 is 2.00 bits per heavy atom. The minimum atomic E-state index is -0.0645. The van der Waals surface area contributed by atoms with E-state index in [1.807, 2.05) is 36.7 Å². The standard InChI is InChI=1S/C25H23N3O2/c1-3-17-9-11-26-24-20(17)10-12-27-25(24)28-21-6-4-5-19(16(21)2)18-7-8-22-23(15-18)30-14-13-29-22/h3-12,15,20,24H,1,13-14H2,2H3,(H,27,28). The lowest BCUT2D eigenvalue weighted by molar-refractivity contribution is 0.171. The van der Waals surface area contributed by atoms with Gasteiger partial charge in [-0.05, 0) is 53.5 Å². The zero-order valence-electron chi connectivity index (χ0n) is 16.8. The van der Waals surface area contributed by atoms with Crippen LogP contribution < -0.4 is 14.8 Å². The number of hydrogen-bond acceptors (Lipinski definition) is 5. The molecule has 0 aromatic heterocycles. The summed E-state index contributed by atoms with van der Waals surface area (Å²) in [5.74, 6) is 2.59. The SMILES string of the molecule is C=CC1=CC=NC2C(Nc3cccc(-c4ccc5c(c4)OCCO5)c3C)=NC=CC12. The lowest BCUT2D eigenvalue weighted by Gasteiger charge is -2.29. The van der Waals surface area contributed by atoms with Gasteiger partial charge in [-0.1, -0.05) is 36.9 Å². The molecule has 30 heavy (non-hydrogen) atoms. The Morgan fingerprint density at radius 1 is 1.13 bits per heavy atom. The molecule has 0 saturated heterocycles. The molecule has 5 rings (SSSR count). The van der Waals surface area contributed by atoms with E-state index in [-0.39, 0.29) is 12.0 Å². The molecular weight excluding hydrogens is 374 g/mol. The average molecular weight is 397 g/mol. The first kappa shape index (κ1) is 18.4. The molecule has 0 spiro atoms. The summed E-state index contributed by atoms with van der Waals surface area (Å²) in [5.41, 5.74) is 5.54. The third-order valence-electron chi connectivity index (χ3n) is 5.71. The number of allylic oxidation sites excluding steroid dienone is 2. The van der Waals surface area contributed by atoms with Crippen molar-refractivity contribution in [3.05, 3.63) is 78.5 Å². The molecule has 0 saturated carbocycles. The van der Waals surface area contributed by atoms with Gasteiger partial charge in [-0.15, -0.1) is 0 Å². The molecule has 0 amide bonds.